The molecule has 1 aliphatic rings. The molecule has 190 valence electrons. The molecule has 4 nitrogen and oxygen atoms in total. The second-order valence-corrected chi connectivity index (χ2v) is 9.44. The van der Waals surface area contributed by atoms with E-state index in [2.05, 4.69) is 4.90 Å². The largest absolute Gasteiger partial charge is 0.416 e. The minimum atomic E-state index is -4.37. The molecule has 36 heavy (non-hydrogen) atoms. The molecule has 0 saturated carbocycles. The molecule has 1 saturated heterocycles. The third kappa shape index (κ3) is 6.87. The normalized spacial score (nSPS) is 15.6. The van der Waals surface area contributed by atoms with Crippen molar-refractivity contribution in [1.29, 1.82) is 0 Å². The summed E-state index contributed by atoms with van der Waals surface area (Å²) in [5, 5.41) is 0.614. The van der Waals surface area contributed by atoms with E-state index in [-0.39, 0.29) is 18.6 Å². The number of rotatable bonds is 7. The number of piperazine rings is 1. The number of aryl methyl sites for hydroxylation is 1. The molecule has 0 bridgehead atoms. The number of alkyl halides is 3. The van der Waals surface area contributed by atoms with Crippen LogP contribution in [0.3, 0.4) is 0 Å². The molecule has 0 radical (unpaired) electrons. The highest BCUT2D eigenvalue weighted by molar-refractivity contribution is 6.30. The van der Waals surface area contributed by atoms with Crippen molar-refractivity contribution >= 4 is 17.5 Å². The number of ether oxygens (including phenoxy) is 1. The summed E-state index contributed by atoms with van der Waals surface area (Å²) in [5.41, 5.74) is 2.66. The fourth-order valence-electron chi connectivity index (χ4n) is 4.25. The molecule has 1 unspecified atom stereocenters. The van der Waals surface area contributed by atoms with Crippen LogP contribution in [0.2, 0.25) is 5.02 Å². The molecule has 3 aromatic rings. The van der Waals surface area contributed by atoms with Gasteiger partial charge in [0.05, 0.1) is 18.3 Å². The maximum Gasteiger partial charge on any atom is 0.416 e. The van der Waals surface area contributed by atoms with Gasteiger partial charge in [0, 0.05) is 43.3 Å². The molecule has 1 heterocycles. The van der Waals surface area contributed by atoms with E-state index in [1.165, 1.54) is 12.1 Å². The molecule has 0 spiro atoms. The lowest BCUT2D eigenvalue weighted by Crippen LogP contribution is -2.49. The van der Waals surface area contributed by atoms with Crippen molar-refractivity contribution in [1.82, 2.24) is 9.80 Å². The molecule has 0 aliphatic carbocycles. The number of hydrogen-bond donors (Lipinski definition) is 0. The van der Waals surface area contributed by atoms with Crippen LogP contribution < -0.4 is 0 Å². The first-order valence-corrected chi connectivity index (χ1v) is 12.2. The van der Waals surface area contributed by atoms with E-state index in [0.717, 1.165) is 23.3 Å². The highest BCUT2D eigenvalue weighted by atomic mass is 35.5. The summed E-state index contributed by atoms with van der Waals surface area (Å²) in [7, 11) is 0. The summed E-state index contributed by atoms with van der Waals surface area (Å²) >= 11 is 6.06. The van der Waals surface area contributed by atoms with E-state index in [1.807, 2.05) is 48.2 Å². The van der Waals surface area contributed by atoms with Crippen molar-refractivity contribution in [3.8, 4) is 0 Å². The van der Waals surface area contributed by atoms with Gasteiger partial charge in [0.1, 0.15) is 0 Å². The number of halogens is 4. The van der Waals surface area contributed by atoms with Crippen LogP contribution in [0, 0.1) is 6.92 Å². The zero-order valence-corrected chi connectivity index (χ0v) is 20.7. The van der Waals surface area contributed by atoms with Gasteiger partial charge in [0.2, 0.25) is 0 Å². The summed E-state index contributed by atoms with van der Waals surface area (Å²) in [6.07, 6.45) is -4.67. The average Bonchev–Trinajstić information content (AvgIpc) is 2.87. The van der Waals surface area contributed by atoms with Gasteiger partial charge in [-0.05, 0) is 54.4 Å². The molecule has 1 atom stereocenters. The molecule has 1 fully saturated rings. The van der Waals surface area contributed by atoms with Gasteiger partial charge in [-0.15, -0.1) is 0 Å². The molecule has 4 rings (SSSR count). The minimum absolute atomic E-state index is 0.0335. The molecule has 0 aromatic heterocycles. The molecule has 8 heteroatoms. The zero-order chi connectivity index (χ0) is 25.7. The van der Waals surface area contributed by atoms with Crippen molar-refractivity contribution in [2.45, 2.75) is 25.8 Å². The predicted molar refractivity (Wildman–Crippen MR) is 134 cm³/mol. The Morgan fingerprint density at radius 2 is 1.64 bits per heavy atom. The smallest absolute Gasteiger partial charge is 0.368 e. The van der Waals surface area contributed by atoms with Gasteiger partial charge < -0.3 is 9.64 Å². The van der Waals surface area contributed by atoms with Crippen molar-refractivity contribution in [3.05, 3.63) is 106 Å². The first-order chi connectivity index (χ1) is 17.2. The van der Waals surface area contributed by atoms with Gasteiger partial charge in [-0.2, -0.15) is 13.2 Å². The average molecular weight is 517 g/mol. The highest BCUT2D eigenvalue weighted by Gasteiger charge is 2.30. The summed E-state index contributed by atoms with van der Waals surface area (Å²) in [4.78, 5) is 17.0. The minimum Gasteiger partial charge on any atom is -0.368 e. The number of benzene rings is 3. The van der Waals surface area contributed by atoms with Crippen molar-refractivity contribution < 1.29 is 22.7 Å². The zero-order valence-electron chi connectivity index (χ0n) is 20.0. The Hall–Kier alpha value is -2.87. The Morgan fingerprint density at radius 3 is 2.25 bits per heavy atom. The predicted octanol–water partition coefficient (Wildman–Crippen LogP) is 6.38. The standard InChI is InChI=1S/C28H28ClF3N2O2/c1-20-3-2-4-23(17-20)27(35)34-15-13-33(14-16-34)18-26(22-7-11-25(29)12-8-22)36-19-21-5-9-24(10-6-21)28(30,31)32/h2-12,17,26H,13-16,18-19H2,1H3. The summed E-state index contributed by atoms with van der Waals surface area (Å²) in [5.74, 6) is 0.0335. The fraction of sp³-hybridized carbons (Fsp3) is 0.321. The van der Waals surface area contributed by atoms with Crippen molar-refractivity contribution in [2.24, 2.45) is 0 Å². The Labute approximate surface area is 214 Å². The summed E-state index contributed by atoms with van der Waals surface area (Å²) < 4.78 is 44.8. The number of carbonyl (C=O) groups excluding carboxylic acids is 1. The number of amides is 1. The fourth-order valence-corrected chi connectivity index (χ4v) is 4.37. The second kappa shape index (κ2) is 11.5. The first-order valence-electron chi connectivity index (χ1n) is 11.8. The second-order valence-electron chi connectivity index (χ2n) is 9.01. The lowest BCUT2D eigenvalue weighted by Gasteiger charge is -2.36. The van der Waals surface area contributed by atoms with Gasteiger partial charge in [-0.3, -0.25) is 9.69 Å². The van der Waals surface area contributed by atoms with Crippen molar-refractivity contribution in [3.63, 3.8) is 0 Å². The van der Waals surface area contributed by atoms with Gasteiger partial charge in [0.25, 0.3) is 5.91 Å². The van der Waals surface area contributed by atoms with Crippen LogP contribution in [0.25, 0.3) is 0 Å². The third-order valence-corrected chi connectivity index (χ3v) is 6.57. The van der Waals surface area contributed by atoms with E-state index in [4.69, 9.17) is 16.3 Å². The molecule has 1 aliphatic heterocycles. The third-order valence-electron chi connectivity index (χ3n) is 6.32. The maximum atomic E-state index is 12.9. The molecule has 3 aromatic carbocycles. The van der Waals surface area contributed by atoms with Gasteiger partial charge in [0.15, 0.2) is 0 Å². The van der Waals surface area contributed by atoms with Crippen LogP contribution in [0.4, 0.5) is 13.2 Å². The Kier molecular flexibility index (Phi) is 8.34. The number of nitrogens with zero attached hydrogens (tertiary/aromatic N) is 2. The SMILES string of the molecule is Cc1cccc(C(=O)N2CCN(CC(OCc3ccc(C(F)(F)F)cc3)c3ccc(Cl)cc3)CC2)c1. The van der Waals surface area contributed by atoms with Crippen molar-refractivity contribution in [2.75, 3.05) is 32.7 Å². The van der Waals surface area contributed by atoms with E-state index >= 15 is 0 Å². The number of hydrogen-bond acceptors (Lipinski definition) is 3. The van der Waals surface area contributed by atoms with E-state index in [1.54, 1.807) is 12.1 Å². The quantitative estimate of drug-likeness (QED) is 0.365. The first kappa shape index (κ1) is 26.2. The Balaban J connectivity index is 1.38. The Bertz CT molecular complexity index is 1160. The maximum absolute atomic E-state index is 12.9. The van der Waals surface area contributed by atoms with Crippen LogP contribution in [-0.4, -0.2) is 48.4 Å². The lowest BCUT2D eigenvalue weighted by molar-refractivity contribution is -0.137. The van der Waals surface area contributed by atoms with E-state index < -0.39 is 11.7 Å². The molecular weight excluding hydrogens is 489 g/mol. The highest BCUT2D eigenvalue weighted by Crippen LogP contribution is 2.30. The van der Waals surface area contributed by atoms with Crippen LogP contribution in [0.1, 0.15) is 38.7 Å². The van der Waals surface area contributed by atoms with Gasteiger partial charge >= 0.3 is 6.18 Å². The molecule has 1 amide bonds. The number of carbonyl (C=O) groups is 1. The topological polar surface area (TPSA) is 32.8 Å². The summed E-state index contributed by atoms with van der Waals surface area (Å²) in [6, 6.07) is 20.0. The monoisotopic (exact) mass is 516 g/mol. The van der Waals surface area contributed by atoms with Gasteiger partial charge in [-0.25, -0.2) is 0 Å². The Morgan fingerprint density at radius 1 is 0.972 bits per heavy atom. The summed E-state index contributed by atoms with van der Waals surface area (Å²) in [6.45, 7) is 5.36. The van der Waals surface area contributed by atoms with Crippen LogP contribution in [0.15, 0.2) is 72.8 Å². The van der Waals surface area contributed by atoms with E-state index in [0.29, 0.717) is 48.9 Å². The molecule has 0 N–H and O–H groups in total. The van der Waals surface area contributed by atoms with Crippen LogP contribution in [0.5, 0.6) is 0 Å². The van der Waals surface area contributed by atoms with E-state index in [9.17, 15) is 18.0 Å². The van der Waals surface area contributed by atoms with Gasteiger partial charge in [-0.1, -0.05) is 53.6 Å². The van der Waals surface area contributed by atoms with Crippen LogP contribution >= 0.6 is 11.6 Å². The van der Waals surface area contributed by atoms with Crippen LogP contribution in [-0.2, 0) is 17.5 Å². The lowest BCUT2D eigenvalue weighted by atomic mass is 10.1. The molecular formula is C28H28ClF3N2O2.